The third kappa shape index (κ3) is 3.76. The molecule has 0 unspecified atom stereocenters. The van der Waals surface area contributed by atoms with Crippen LogP contribution >= 0.6 is 23.4 Å². The van der Waals surface area contributed by atoms with Gasteiger partial charge in [-0.05, 0) is 48.5 Å². The highest BCUT2D eigenvalue weighted by molar-refractivity contribution is 7.98. The quantitative estimate of drug-likeness (QED) is 0.504. The van der Waals surface area contributed by atoms with Gasteiger partial charge in [-0.25, -0.2) is 9.37 Å². The maximum absolute atomic E-state index is 13.0. The molecule has 2 aromatic carbocycles. The summed E-state index contributed by atoms with van der Waals surface area (Å²) in [6.07, 6.45) is 0. The van der Waals surface area contributed by atoms with Crippen molar-refractivity contribution in [1.82, 2.24) is 25.3 Å². The van der Waals surface area contributed by atoms with E-state index in [2.05, 4.69) is 25.3 Å². The normalized spacial score (nSPS) is 11.0. The summed E-state index contributed by atoms with van der Waals surface area (Å²) in [5.41, 5.74) is 1.58. The van der Waals surface area contributed by atoms with Crippen molar-refractivity contribution in [1.29, 1.82) is 0 Å². The molecule has 0 atom stereocenters. The molecule has 0 bridgehead atoms. The van der Waals surface area contributed by atoms with Crippen molar-refractivity contribution in [3.8, 4) is 22.8 Å². The Kier molecular flexibility index (Phi) is 4.68. The number of aromatic nitrogens is 5. The van der Waals surface area contributed by atoms with Gasteiger partial charge < -0.3 is 4.52 Å². The van der Waals surface area contributed by atoms with Gasteiger partial charge in [-0.1, -0.05) is 28.5 Å². The second-order valence-corrected chi connectivity index (χ2v) is 6.66. The van der Waals surface area contributed by atoms with Crippen molar-refractivity contribution in [3.05, 3.63) is 65.3 Å². The topological polar surface area (TPSA) is 80.5 Å². The predicted molar refractivity (Wildman–Crippen MR) is 96.1 cm³/mol. The van der Waals surface area contributed by atoms with Crippen LogP contribution in [-0.2, 0) is 5.75 Å². The zero-order valence-corrected chi connectivity index (χ0v) is 14.8. The predicted octanol–water partition coefficient (Wildman–Crippen LogP) is 4.61. The molecule has 2 aromatic heterocycles. The van der Waals surface area contributed by atoms with Crippen LogP contribution in [-0.4, -0.2) is 25.3 Å². The van der Waals surface area contributed by atoms with Crippen LogP contribution in [0.3, 0.4) is 0 Å². The molecule has 4 rings (SSSR count). The molecule has 0 radical (unpaired) electrons. The summed E-state index contributed by atoms with van der Waals surface area (Å²) in [5, 5.41) is 12.2. The van der Waals surface area contributed by atoms with Crippen molar-refractivity contribution < 1.29 is 8.91 Å². The highest BCUT2D eigenvalue weighted by atomic mass is 35.5. The molecule has 0 saturated carbocycles. The average Bonchev–Trinajstić information content (AvgIpc) is 3.31. The maximum Gasteiger partial charge on any atom is 0.237 e. The maximum atomic E-state index is 13.0. The van der Waals surface area contributed by atoms with Crippen molar-refractivity contribution in [2.24, 2.45) is 0 Å². The van der Waals surface area contributed by atoms with Crippen LogP contribution in [0.4, 0.5) is 4.39 Å². The molecule has 0 fully saturated rings. The molecule has 0 aliphatic carbocycles. The second-order valence-electron chi connectivity index (χ2n) is 5.28. The van der Waals surface area contributed by atoms with E-state index in [0.717, 1.165) is 5.56 Å². The average molecular weight is 388 g/mol. The van der Waals surface area contributed by atoms with Crippen molar-refractivity contribution in [3.63, 3.8) is 0 Å². The number of rotatable bonds is 5. The lowest BCUT2D eigenvalue weighted by atomic mass is 10.2. The molecule has 4 aromatic rings. The molecule has 1 N–H and O–H groups in total. The van der Waals surface area contributed by atoms with Gasteiger partial charge in [0.1, 0.15) is 5.82 Å². The molecule has 0 amide bonds. The zero-order chi connectivity index (χ0) is 17.9. The van der Waals surface area contributed by atoms with E-state index in [1.165, 1.54) is 23.9 Å². The first kappa shape index (κ1) is 16.7. The van der Waals surface area contributed by atoms with Crippen molar-refractivity contribution >= 4 is 23.4 Å². The first-order valence-corrected chi connectivity index (χ1v) is 8.93. The molecule has 0 saturated heterocycles. The lowest BCUT2D eigenvalue weighted by molar-refractivity contribution is 0.391. The Hall–Kier alpha value is -2.71. The molecule has 130 valence electrons. The number of thioether (sulfide) groups is 1. The number of halogens is 2. The highest BCUT2D eigenvalue weighted by Crippen LogP contribution is 2.24. The molecular weight excluding hydrogens is 377 g/mol. The number of nitrogens with zero attached hydrogens (tertiary/aromatic N) is 4. The summed E-state index contributed by atoms with van der Waals surface area (Å²) in [6, 6.07) is 13.2. The van der Waals surface area contributed by atoms with Crippen LogP contribution < -0.4 is 0 Å². The van der Waals surface area contributed by atoms with Crippen LogP contribution in [0.15, 0.2) is 58.2 Å². The van der Waals surface area contributed by atoms with E-state index in [1.807, 2.05) is 12.1 Å². The smallest absolute Gasteiger partial charge is 0.237 e. The second kappa shape index (κ2) is 7.27. The van der Waals surface area contributed by atoms with Gasteiger partial charge in [0, 0.05) is 16.1 Å². The van der Waals surface area contributed by atoms with Crippen LogP contribution in [0.5, 0.6) is 0 Å². The standard InChI is InChI=1S/C17H11ClFN5OS/c18-12-5-1-10(2-6-12)15-21-17(23-22-15)26-9-14-20-16(24-25-14)11-3-7-13(19)8-4-11/h1-8H,9H2,(H,21,22,23). The van der Waals surface area contributed by atoms with Crippen LogP contribution in [0.2, 0.25) is 5.02 Å². The molecular formula is C17H11ClFN5OS. The SMILES string of the molecule is Fc1ccc(-c2noc(CSc3n[nH]c(-c4ccc(Cl)cc4)n3)n2)cc1. The van der Waals surface area contributed by atoms with Gasteiger partial charge in [0.05, 0.1) is 5.75 Å². The van der Waals surface area contributed by atoms with E-state index in [9.17, 15) is 4.39 Å². The van der Waals surface area contributed by atoms with Gasteiger partial charge >= 0.3 is 0 Å². The Balaban J connectivity index is 1.42. The third-order valence-corrected chi connectivity index (χ3v) is 4.56. The number of hydrogen-bond donors (Lipinski definition) is 1. The fraction of sp³-hybridized carbons (Fsp3) is 0.0588. The molecule has 6 nitrogen and oxygen atoms in total. The first-order chi connectivity index (χ1) is 12.7. The molecule has 2 heterocycles. The molecule has 0 aliphatic heterocycles. The van der Waals surface area contributed by atoms with Gasteiger partial charge in [0.2, 0.25) is 16.9 Å². The third-order valence-electron chi connectivity index (χ3n) is 3.48. The van der Waals surface area contributed by atoms with Gasteiger partial charge in [-0.2, -0.15) is 4.98 Å². The van der Waals surface area contributed by atoms with E-state index in [1.54, 1.807) is 24.3 Å². The van der Waals surface area contributed by atoms with E-state index >= 15 is 0 Å². The Morgan fingerprint density at radius 1 is 1.00 bits per heavy atom. The highest BCUT2D eigenvalue weighted by Gasteiger charge is 2.12. The van der Waals surface area contributed by atoms with E-state index < -0.39 is 0 Å². The molecule has 0 aliphatic rings. The Morgan fingerprint density at radius 3 is 2.50 bits per heavy atom. The number of benzene rings is 2. The van der Waals surface area contributed by atoms with Gasteiger partial charge in [-0.3, -0.25) is 5.10 Å². The first-order valence-electron chi connectivity index (χ1n) is 7.57. The van der Waals surface area contributed by atoms with Crippen LogP contribution in [0, 0.1) is 5.82 Å². The fourth-order valence-electron chi connectivity index (χ4n) is 2.20. The lowest BCUT2D eigenvalue weighted by Crippen LogP contribution is -1.84. The molecule has 0 spiro atoms. The number of hydrogen-bond acceptors (Lipinski definition) is 6. The summed E-state index contributed by atoms with van der Waals surface area (Å²) >= 11 is 7.25. The van der Waals surface area contributed by atoms with Gasteiger partial charge in [-0.15, -0.1) is 5.10 Å². The number of aromatic amines is 1. The largest absolute Gasteiger partial charge is 0.338 e. The Labute approximate surface area is 156 Å². The minimum atomic E-state index is -0.311. The lowest BCUT2D eigenvalue weighted by Gasteiger charge is -1.95. The van der Waals surface area contributed by atoms with Gasteiger partial charge in [0.15, 0.2) is 5.82 Å². The number of nitrogens with one attached hydrogen (secondary N) is 1. The van der Waals surface area contributed by atoms with E-state index in [-0.39, 0.29) is 5.82 Å². The van der Waals surface area contributed by atoms with Crippen molar-refractivity contribution in [2.75, 3.05) is 0 Å². The van der Waals surface area contributed by atoms with Crippen molar-refractivity contribution in [2.45, 2.75) is 10.9 Å². The Morgan fingerprint density at radius 2 is 1.73 bits per heavy atom. The van der Waals surface area contributed by atoms with Crippen LogP contribution in [0.25, 0.3) is 22.8 Å². The zero-order valence-electron chi connectivity index (χ0n) is 13.2. The van der Waals surface area contributed by atoms with E-state index in [0.29, 0.717) is 39.0 Å². The molecule has 9 heteroatoms. The van der Waals surface area contributed by atoms with Crippen LogP contribution in [0.1, 0.15) is 5.89 Å². The minimum Gasteiger partial charge on any atom is -0.338 e. The fourth-order valence-corrected chi connectivity index (χ4v) is 2.97. The minimum absolute atomic E-state index is 0.311. The van der Waals surface area contributed by atoms with E-state index in [4.69, 9.17) is 16.1 Å². The van der Waals surface area contributed by atoms with Gasteiger partial charge in [0.25, 0.3) is 0 Å². The summed E-state index contributed by atoms with van der Waals surface area (Å²) < 4.78 is 18.2. The number of H-pyrrole nitrogens is 1. The summed E-state index contributed by atoms with van der Waals surface area (Å²) in [6.45, 7) is 0. The summed E-state index contributed by atoms with van der Waals surface area (Å²) in [7, 11) is 0. The molecule has 26 heavy (non-hydrogen) atoms. The monoisotopic (exact) mass is 387 g/mol. The Bertz CT molecular complexity index is 933. The summed E-state index contributed by atoms with van der Waals surface area (Å²) in [4.78, 5) is 8.72. The summed E-state index contributed by atoms with van der Waals surface area (Å²) in [5.74, 6) is 1.62.